The van der Waals surface area contributed by atoms with Crippen molar-refractivity contribution in [2.75, 3.05) is 0 Å². The van der Waals surface area contributed by atoms with Gasteiger partial charge in [-0.05, 0) is 6.07 Å². The number of rotatable bonds is 6. The number of hydrogen-bond acceptors (Lipinski definition) is 6. The smallest absolute Gasteiger partial charge is 0.270 e. The third kappa shape index (κ3) is 3.30. The van der Waals surface area contributed by atoms with Gasteiger partial charge in [0.2, 0.25) is 5.89 Å². The Morgan fingerprint density at radius 2 is 2.00 bits per heavy atom. The second-order valence-electron chi connectivity index (χ2n) is 4.87. The number of ether oxygens (including phenoxy) is 1. The Morgan fingerprint density at radius 1 is 1.21 bits per heavy atom. The molecule has 7 heteroatoms. The van der Waals surface area contributed by atoms with Crippen molar-refractivity contribution in [1.82, 2.24) is 4.98 Å². The molecule has 0 aliphatic heterocycles. The largest absolute Gasteiger partial charge is 0.483 e. The van der Waals surface area contributed by atoms with Crippen molar-refractivity contribution in [2.24, 2.45) is 0 Å². The summed E-state index contributed by atoms with van der Waals surface area (Å²) >= 11 is 0. The lowest BCUT2D eigenvalue weighted by atomic mass is 10.2. The Morgan fingerprint density at radius 3 is 2.71 bits per heavy atom. The fourth-order valence-corrected chi connectivity index (χ4v) is 2.13. The normalized spacial score (nSPS) is 10.3. The van der Waals surface area contributed by atoms with Crippen LogP contribution in [0.15, 0.2) is 59.1 Å². The quantitative estimate of drug-likeness (QED) is 0.390. The lowest BCUT2D eigenvalue weighted by Gasteiger charge is -2.06. The number of hydrogen-bond donors (Lipinski definition) is 0. The topological polar surface area (TPSA) is 95.5 Å². The molecule has 0 saturated heterocycles. The molecule has 0 fully saturated rings. The van der Waals surface area contributed by atoms with Crippen LogP contribution in [0, 0.1) is 10.1 Å². The van der Waals surface area contributed by atoms with Crippen LogP contribution in [0.4, 0.5) is 5.69 Å². The summed E-state index contributed by atoms with van der Waals surface area (Å²) in [7, 11) is 0. The summed E-state index contributed by atoms with van der Waals surface area (Å²) in [6.45, 7) is 0.00544. The number of carbonyl (C=O) groups excluding carboxylic acids is 1. The van der Waals surface area contributed by atoms with Crippen molar-refractivity contribution in [3.05, 3.63) is 76.3 Å². The van der Waals surface area contributed by atoms with E-state index >= 15 is 0 Å². The Kier molecular flexibility index (Phi) is 4.33. The summed E-state index contributed by atoms with van der Waals surface area (Å²) in [6, 6.07) is 13.3. The van der Waals surface area contributed by atoms with Gasteiger partial charge in [-0.2, -0.15) is 0 Å². The van der Waals surface area contributed by atoms with Crippen LogP contribution in [0.5, 0.6) is 5.75 Å². The van der Waals surface area contributed by atoms with E-state index in [4.69, 9.17) is 9.15 Å². The van der Waals surface area contributed by atoms with E-state index in [0.29, 0.717) is 17.9 Å². The van der Waals surface area contributed by atoms with Gasteiger partial charge in [0.25, 0.3) is 5.69 Å². The summed E-state index contributed by atoms with van der Waals surface area (Å²) in [5.74, 6) is 1.17. The van der Waals surface area contributed by atoms with Crippen molar-refractivity contribution < 1.29 is 18.9 Å². The maximum atomic E-state index is 11.1. The maximum absolute atomic E-state index is 11.1. The molecular formula is C17H12N2O5. The molecular weight excluding hydrogens is 312 g/mol. The van der Waals surface area contributed by atoms with Gasteiger partial charge in [0.15, 0.2) is 18.7 Å². The zero-order chi connectivity index (χ0) is 16.9. The highest BCUT2D eigenvalue weighted by atomic mass is 16.6. The number of non-ortho nitro benzene ring substituents is 1. The summed E-state index contributed by atoms with van der Waals surface area (Å²) in [5, 5.41) is 10.7. The number of aromatic nitrogens is 1. The number of nitrogens with zero attached hydrogens (tertiary/aromatic N) is 2. The highest BCUT2D eigenvalue weighted by Gasteiger charge is 2.13. The van der Waals surface area contributed by atoms with Crippen molar-refractivity contribution in [1.29, 1.82) is 0 Å². The van der Waals surface area contributed by atoms with Gasteiger partial charge in [-0.1, -0.05) is 30.3 Å². The van der Waals surface area contributed by atoms with Crippen LogP contribution in [-0.4, -0.2) is 16.2 Å². The fraction of sp³-hybridized carbons (Fsp3) is 0.0588. The molecule has 1 aromatic heterocycles. The molecule has 0 amide bonds. The Hall–Kier alpha value is -3.48. The minimum absolute atomic E-state index is 0.00544. The van der Waals surface area contributed by atoms with Crippen LogP contribution >= 0.6 is 0 Å². The van der Waals surface area contributed by atoms with E-state index in [0.717, 1.165) is 11.6 Å². The predicted molar refractivity (Wildman–Crippen MR) is 84.8 cm³/mol. The van der Waals surface area contributed by atoms with E-state index in [1.165, 1.54) is 12.1 Å². The van der Waals surface area contributed by atoms with E-state index in [2.05, 4.69) is 4.98 Å². The number of carbonyl (C=O) groups is 1. The van der Waals surface area contributed by atoms with E-state index in [-0.39, 0.29) is 23.6 Å². The SMILES string of the molecule is O=Cc1cc([N+](=O)[O-])ccc1OCc1ncc(-c2ccccc2)o1. The van der Waals surface area contributed by atoms with Crippen molar-refractivity contribution in [3.8, 4) is 17.1 Å². The first-order valence-corrected chi connectivity index (χ1v) is 7.04. The van der Waals surface area contributed by atoms with Crippen molar-refractivity contribution in [2.45, 2.75) is 6.61 Å². The molecule has 7 nitrogen and oxygen atoms in total. The van der Waals surface area contributed by atoms with Crippen molar-refractivity contribution >= 4 is 12.0 Å². The van der Waals surface area contributed by atoms with E-state index < -0.39 is 4.92 Å². The van der Waals surface area contributed by atoms with Crippen LogP contribution in [0.2, 0.25) is 0 Å². The molecule has 0 saturated carbocycles. The van der Waals surface area contributed by atoms with Crippen LogP contribution in [0.25, 0.3) is 11.3 Å². The van der Waals surface area contributed by atoms with Gasteiger partial charge in [0, 0.05) is 17.7 Å². The Labute approximate surface area is 136 Å². The van der Waals surface area contributed by atoms with Gasteiger partial charge in [-0.25, -0.2) is 4.98 Å². The predicted octanol–water partition coefficient (Wildman–Crippen LogP) is 3.64. The lowest BCUT2D eigenvalue weighted by Crippen LogP contribution is -1.99. The van der Waals surface area contributed by atoms with E-state index in [1.807, 2.05) is 30.3 Å². The van der Waals surface area contributed by atoms with Gasteiger partial charge in [-0.3, -0.25) is 14.9 Å². The first-order valence-electron chi connectivity index (χ1n) is 7.04. The van der Waals surface area contributed by atoms with Gasteiger partial charge < -0.3 is 9.15 Å². The Bertz CT molecular complexity index is 874. The molecule has 3 aromatic rings. The molecule has 120 valence electrons. The van der Waals surface area contributed by atoms with Crippen LogP contribution < -0.4 is 4.74 Å². The summed E-state index contributed by atoms with van der Waals surface area (Å²) in [5.41, 5.74) is 0.811. The third-order valence-corrected chi connectivity index (χ3v) is 3.29. The summed E-state index contributed by atoms with van der Waals surface area (Å²) < 4.78 is 11.1. The number of aldehydes is 1. The number of oxazole rings is 1. The van der Waals surface area contributed by atoms with E-state index in [1.54, 1.807) is 6.20 Å². The minimum atomic E-state index is -0.572. The molecule has 0 aliphatic carbocycles. The van der Waals surface area contributed by atoms with Crippen molar-refractivity contribution in [3.63, 3.8) is 0 Å². The number of benzene rings is 2. The third-order valence-electron chi connectivity index (χ3n) is 3.29. The minimum Gasteiger partial charge on any atom is -0.483 e. The van der Waals surface area contributed by atoms with Gasteiger partial charge in [0.1, 0.15) is 5.75 Å². The molecule has 1 heterocycles. The first kappa shape index (κ1) is 15.4. The maximum Gasteiger partial charge on any atom is 0.270 e. The van der Waals surface area contributed by atoms with Gasteiger partial charge >= 0.3 is 0 Å². The standard InChI is InChI=1S/C17H12N2O5/c20-10-13-8-14(19(21)22)6-7-15(13)23-11-17-18-9-16(24-17)12-4-2-1-3-5-12/h1-10H,11H2. The fourth-order valence-electron chi connectivity index (χ4n) is 2.13. The number of nitro groups is 1. The highest BCUT2D eigenvalue weighted by molar-refractivity contribution is 5.80. The molecule has 0 spiro atoms. The van der Waals surface area contributed by atoms with Gasteiger partial charge in [0.05, 0.1) is 16.7 Å². The van der Waals surface area contributed by atoms with Crippen LogP contribution in [-0.2, 0) is 6.61 Å². The van der Waals surface area contributed by atoms with Crippen LogP contribution in [0.3, 0.4) is 0 Å². The highest BCUT2D eigenvalue weighted by Crippen LogP contribution is 2.24. The lowest BCUT2D eigenvalue weighted by molar-refractivity contribution is -0.384. The van der Waals surface area contributed by atoms with E-state index in [9.17, 15) is 14.9 Å². The molecule has 0 atom stereocenters. The molecule has 2 aromatic carbocycles. The first-order chi connectivity index (χ1) is 11.7. The molecule has 0 bridgehead atoms. The zero-order valence-corrected chi connectivity index (χ0v) is 12.4. The summed E-state index contributed by atoms with van der Waals surface area (Å²) in [4.78, 5) is 25.3. The van der Waals surface area contributed by atoms with Crippen LogP contribution in [0.1, 0.15) is 16.2 Å². The molecule has 24 heavy (non-hydrogen) atoms. The average Bonchev–Trinajstić information content (AvgIpc) is 3.09. The molecule has 0 N–H and O–H groups in total. The molecule has 0 unspecified atom stereocenters. The monoisotopic (exact) mass is 324 g/mol. The average molecular weight is 324 g/mol. The van der Waals surface area contributed by atoms with Gasteiger partial charge in [-0.15, -0.1) is 0 Å². The second kappa shape index (κ2) is 6.74. The second-order valence-corrected chi connectivity index (χ2v) is 4.87. The molecule has 3 rings (SSSR count). The Balaban J connectivity index is 1.73. The number of nitro benzene ring substituents is 1. The zero-order valence-electron chi connectivity index (χ0n) is 12.4. The molecule has 0 radical (unpaired) electrons. The molecule has 0 aliphatic rings. The summed E-state index contributed by atoms with van der Waals surface area (Å²) in [6.07, 6.45) is 2.10.